The summed E-state index contributed by atoms with van der Waals surface area (Å²) < 4.78 is 32.0. The Kier molecular flexibility index (Phi) is 7.12. The third-order valence-corrected chi connectivity index (χ3v) is 9.03. The number of amides is 1. The van der Waals surface area contributed by atoms with E-state index in [1.165, 1.54) is 39.9 Å². The molecular weight excluding hydrogens is 462 g/mol. The molecule has 1 aromatic heterocycles. The van der Waals surface area contributed by atoms with Gasteiger partial charge in [0, 0.05) is 18.0 Å². The lowest BCUT2D eigenvalue weighted by molar-refractivity contribution is -0.119. The van der Waals surface area contributed by atoms with Crippen molar-refractivity contribution in [2.75, 3.05) is 25.0 Å². The molecule has 33 heavy (non-hydrogen) atoms. The summed E-state index contributed by atoms with van der Waals surface area (Å²) in [6.07, 6.45) is 6.55. The van der Waals surface area contributed by atoms with Crippen molar-refractivity contribution in [3.05, 3.63) is 45.8 Å². The van der Waals surface area contributed by atoms with Crippen molar-refractivity contribution in [2.45, 2.75) is 49.8 Å². The zero-order chi connectivity index (χ0) is 23.4. The number of carbonyl (C=O) groups excluding carboxylic acids is 2. The molecule has 0 bridgehead atoms. The average Bonchev–Trinajstić information content (AvgIpc) is 3.20. The Balaban J connectivity index is 1.35. The Labute approximate surface area is 197 Å². The van der Waals surface area contributed by atoms with E-state index in [9.17, 15) is 23.3 Å². The molecule has 2 heterocycles. The smallest absolute Gasteiger partial charge is 0.338 e. The van der Waals surface area contributed by atoms with E-state index in [0.717, 1.165) is 55.4 Å². The molecule has 1 saturated heterocycles. The fourth-order valence-corrected chi connectivity index (χ4v) is 6.94. The lowest BCUT2D eigenvalue weighted by atomic mass is 9.96. The van der Waals surface area contributed by atoms with Gasteiger partial charge in [0.05, 0.1) is 16.0 Å². The maximum atomic E-state index is 12.7. The van der Waals surface area contributed by atoms with E-state index in [2.05, 4.69) is 11.4 Å². The van der Waals surface area contributed by atoms with Crippen molar-refractivity contribution in [1.29, 1.82) is 5.26 Å². The van der Waals surface area contributed by atoms with Crippen molar-refractivity contribution in [2.24, 2.45) is 0 Å². The second-order valence-corrected chi connectivity index (χ2v) is 11.2. The molecule has 1 amide bonds. The topological polar surface area (TPSA) is 117 Å². The van der Waals surface area contributed by atoms with E-state index >= 15 is 0 Å². The monoisotopic (exact) mass is 487 g/mol. The second-order valence-electron chi connectivity index (χ2n) is 8.14. The number of anilines is 1. The molecule has 4 rings (SSSR count). The van der Waals surface area contributed by atoms with Gasteiger partial charge in [-0.25, -0.2) is 13.2 Å². The molecule has 0 atom stereocenters. The van der Waals surface area contributed by atoms with Gasteiger partial charge in [0.1, 0.15) is 11.1 Å². The minimum Gasteiger partial charge on any atom is -0.452 e. The molecule has 2 aliphatic rings. The summed E-state index contributed by atoms with van der Waals surface area (Å²) in [5, 5.41) is 12.7. The summed E-state index contributed by atoms with van der Waals surface area (Å²) in [5.74, 6) is -1.25. The molecule has 174 valence electrons. The van der Waals surface area contributed by atoms with Gasteiger partial charge in [-0.3, -0.25) is 4.79 Å². The lowest BCUT2D eigenvalue weighted by Crippen LogP contribution is -2.35. The Hall–Kier alpha value is -2.74. The van der Waals surface area contributed by atoms with E-state index in [4.69, 9.17) is 4.74 Å². The number of piperidine rings is 1. The summed E-state index contributed by atoms with van der Waals surface area (Å²) in [5.41, 5.74) is 1.67. The first kappa shape index (κ1) is 23.4. The number of nitrogens with zero attached hydrogens (tertiary/aromatic N) is 2. The number of fused-ring (bicyclic) bond motifs is 1. The summed E-state index contributed by atoms with van der Waals surface area (Å²) in [6.45, 7) is 0.504. The number of sulfonamides is 1. The molecule has 0 radical (unpaired) electrons. The number of hydrogen-bond acceptors (Lipinski definition) is 7. The van der Waals surface area contributed by atoms with Crippen molar-refractivity contribution >= 4 is 38.2 Å². The van der Waals surface area contributed by atoms with Gasteiger partial charge >= 0.3 is 5.97 Å². The number of carbonyl (C=O) groups is 2. The molecule has 10 heteroatoms. The third-order valence-electron chi connectivity index (χ3n) is 5.91. The summed E-state index contributed by atoms with van der Waals surface area (Å²) >= 11 is 1.41. The average molecular weight is 488 g/mol. The number of benzene rings is 1. The number of rotatable bonds is 6. The second kappa shape index (κ2) is 10.0. The van der Waals surface area contributed by atoms with Crippen LogP contribution in [0.2, 0.25) is 0 Å². The molecular formula is C23H25N3O5S2. The lowest BCUT2D eigenvalue weighted by Gasteiger charge is -2.25. The molecule has 1 aromatic carbocycles. The van der Waals surface area contributed by atoms with Gasteiger partial charge in [-0.1, -0.05) is 6.42 Å². The molecule has 1 fully saturated rings. The zero-order valence-electron chi connectivity index (χ0n) is 18.1. The zero-order valence-corrected chi connectivity index (χ0v) is 19.8. The predicted octanol–water partition coefficient (Wildman–Crippen LogP) is 3.47. The summed E-state index contributed by atoms with van der Waals surface area (Å²) in [4.78, 5) is 25.9. The first-order valence-corrected chi connectivity index (χ1v) is 13.3. The Morgan fingerprint density at radius 2 is 1.76 bits per heavy atom. The van der Waals surface area contributed by atoms with Crippen LogP contribution in [0, 0.1) is 11.3 Å². The Morgan fingerprint density at radius 3 is 2.45 bits per heavy atom. The fourth-order valence-electron chi connectivity index (χ4n) is 4.17. The highest BCUT2D eigenvalue weighted by molar-refractivity contribution is 7.89. The van der Waals surface area contributed by atoms with Crippen molar-refractivity contribution in [3.8, 4) is 6.07 Å². The fraction of sp³-hybridized carbons (Fsp3) is 0.435. The van der Waals surface area contributed by atoms with E-state index in [-0.39, 0.29) is 10.5 Å². The van der Waals surface area contributed by atoms with Crippen LogP contribution < -0.4 is 5.32 Å². The van der Waals surface area contributed by atoms with Crippen molar-refractivity contribution in [3.63, 3.8) is 0 Å². The van der Waals surface area contributed by atoms with Gasteiger partial charge in [-0.15, -0.1) is 11.3 Å². The number of nitrogens with one attached hydrogen (secondary N) is 1. The van der Waals surface area contributed by atoms with Crippen molar-refractivity contribution in [1.82, 2.24) is 4.31 Å². The highest BCUT2D eigenvalue weighted by Crippen LogP contribution is 2.37. The third kappa shape index (κ3) is 5.11. The quantitative estimate of drug-likeness (QED) is 0.624. The molecule has 8 nitrogen and oxygen atoms in total. The normalized spacial score (nSPS) is 16.5. The van der Waals surface area contributed by atoms with Gasteiger partial charge in [0.15, 0.2) is 6.61 Å². The van der Waals surface area contributed by atoms with Crippen LogP contribution in [0.15, 0.2) is 29.2 Å². The van der Waals surface area contributed by atoms with Gasteiger partial charge in [0.25, 0.3) is 5.91 Å². The first-order chi connectivity index (χ1) is 15.9. The van der Waals surface area contributed by atoms with Gasteiger partial charge in [-0.2, -0.15) is 9.57 Å². The molecule has 0 saturated carbocycles. The highest BCUT2D eigenvalue weighted by Gasteiger charge is 2.26. The van der Waals surface area contributed by atoms with Crippen LogP contribution in [-0.4, -0.2) is 44.3 Å². The predicted molar refractivity (Wildman–Crippen MR) is 124 cm³/mol. The van der Waals surface area contributed by atoms with E-state index in [1.807, 2.05) is 0 Å². The maximum absolute atomic E-state index is 12.7. The van der Waals surface area contributed by atoms with Crippen LogP contribution >= 0.6 is 11.3 Å². The summed E-state index contributed by atoms with van der Waals surface area (Å²) in [6, 6.07) is 7.72. The minimum atomic E-state index is -3.58. The minimum absolute atomic E-state index is 0.129. The van der Waals surface area contributed by atoms with Crippen LogP contribution in [-0.2, 0) is 32.4 Å². The summed E-state index contributed by atoms with van der Waals surface area (Å²) in [7, 11) is -3.58. The van der Waals surface area contributed by atoms with Crippen molar-refractivity contribution < 1.29 is 22.7 Å². The largest absolute Gasteiger partial charge is 0.452 e. The van der Waals surface area contributed by atoms with E-state index < -0.39 is 28.5 Å². The highest BCUT2D eigenvalue weighted by atomic mass is 32.2. The Morgan fingerprint density at radius 1 is 1.06 bits per heavy atom. The Bertz CT molecular complexity index is 1190. The molecule has 1 N–H and O–H groups in total. The van der Waals surface area contributed by atoms with Crippen LogP contribution in [0.3, 0.4) is 0 Å². The SMILES string of the molecule is N#Cc1c(NC(=O)COC(=O)c2ccc(S(=O)(=O)N3CCCCC3)cc2)sc2c1CCCC2. The van der Waals surface area contributed by atoms with Crippen LogP contribution in [0.5, 0.6) is 0 Å². The molecule has 1 aliphatic heterocycles. The van der Waals surface area contributed by atoms with Crippen LogP contribution in [0.25, 0.3) is 0 Å². The van der Waals surface area contributed by atoms with Gasteiger partial charge < -0.3 is 10.1 Å². The number of ether oxygens (including phenoxy) is 1. The van der Waals surface area contributed by atoms with Gasteiger partial charge in [0.2, 0.25) is 10.0 Å². The van der Waals surface area contributed by atoms with Crippen LogP contribution in [0.4, 0.5) is 5.00 Å². The van der Waals surface area contributed by atoms with E-state index in [1.54, 1.807) is 0 Å². The maximum Gasteiger partial charge on any atom is 0.338 e. The molecule has 0 spiro atoms. The molecule has 0 unspecified atom stereocenters. The van der Waals surface area contributed by atoms with Crippen LogP contribution in [0.1, 0.15) is 58.5 Å². The van der Waals surface area contributed by atoms with E-state index in [0.29, 0.717) is 23.7 Å². The molecule has 1 aliphatic carbocycles. The number of aryl methyl sites for hydroxylation is 1. The number of nitriles is 1. The molecule has 2 aromatic rings. The number of esters is 1. The first-order valence-electron chi connectivity index (χ1n) is 11.0. The van der Waals surface area contributed by atoms with Gasteiger partial charge in [-0.05, 0) is 68.4 Å². The standard InChI is InChI=1S/C23H25N3O5S2/c24-14-19-18-6-2-3-7-20(18)32-22(19)25-21(27)15-31-23(28)16-8-10-17(11-9-16)33(29,30)26-12-4-1-5-13-26/h8-11H,1-7,12-13,15H2,(H,25,27). The number of hydrogen-bond donors (Lipinski definition) is 1. The number of thiophene rings is 1.